The third-order valence-corrected chi connectivity index (χ3v) is 5.05. The lowest BCUT2D eigenvalue weighted by Gasteiger charge is -2.19. The molecule has 4 nitrogen and oxygen atoms in total. The molecule has 1 rings (SSSR count). The second-order valence-electron chi connectivity index (χ2n) is 5.59. The molecule has 0 spiro atoms. The molecule has 0 saturated heterocycles. The van der Waals surface area contributed by atoms with E-state index in [2.05, 4.69) is 5.32 Å². The summed E-state index contributed by atoms with van der Waals surface area (Å²) >= 11 is 0. The van der Waals surface area contributed by atoms with Gasteiger partial charge in [-0.3, -0.25) is 4.79 Å². The molecule has 1 aromatic rings. The quantitative estimate of drug-likeness (QED) is 0.836. The average Bonchev–Trinajstić information content (AvgIpc) is 2.38. The van der Waals surface area contributed by atoms with E-state index in [1.807, 2.05) is 27.7 Å². The number of hydrogen-bond donors (Lipinski definition) is 1. The van der Waals surface area contributed by atoms with Crippen molar-refractivity contribution in [1.82, 2.24) is 0 Å². The van der Waals surface area contributed by atoms with Gasteiger partial charge in [0.2, 0.25) is 5.91 Å². The van der Waals surface area contributed by atoms with Crippen LogP contribution in [0.4, 0.5) is 5.69 Å². The molecule has 0 heterocycles. The molecule has 0 aliphatic carbocycles. The lowest BCUT2D eigenvalue weighted by Crippen LogP contribution is -2.25. The van der Waals surface area contributed by atoms with Crippen molar-refractivity contribution < 1.29 is 13.2 Å². The van der Waals surface area contributed by atoms with Crippen LogP contribution in [0.2, 0.25) is 0 Å². The number of hydrogen-bond acceptors (Lipinski definition) is 3. The second-order valence-corrected chi connectivity index (χ2v) is 8.15. The first kappa shape index (κ1) is 18.0. The number of nitrogens with one attached hydrogen (secondary N) is 1. The molecule has 1 amide bonds. The van der Waals surface area contributed by atoms with Crippen molar-refractivity contribution in [2.75, 3.05) is 5.32 Å². The Labute approximate surface area is 131 Å². The molecule has 0 fully saturated rings. The number of anilines is 1. The number of aryl methyl sites for hydroxylation is 2. The van der Waals surface area contributed by atoms with Crippen LogP contribution < -0.4 is 5.32 Å². The van der Waals surface area contributed by atoms with E-state index in [1.165, 1.54) is 12.1 Å². The van der Waals surface area contributed by atoms with E-state index in [1.54, 1.807) is 6.92 Å². The summed E-state index contributed by atoms with van der Waals surface area (Å²) in [6.45, 7) is 9.52. The Bertz CT molecular complexity index is 639. The molecule has 1 N–H and O–H groups in total. The summed E-state index contributed by atoms with van der Waals surface area (Å²) in [5.74, 6) is 0.0488. The number of carbonyl (C=O) groups is 1. The zero-order valence-corrected chi connectivity index (χ0v) is 14.6. The van der Waals surface area contributed by atoms with Crippen molar-refractivity contribution in [3.63, 3.8) is 0 Å². The van der Waals surface area contributed by atoms with Crippen molar-refractivity contribution in [2.24, 2.45) is 11.8 Å². The van der Waals surface area contributed by atoms with Gasteiger partial charge in [-0.05, 0) is 42.5 Å². The Morgan fingerprint density at radius 2 is 1.86 bits per heavy atom. The SMILES string of the molecule is CCc1cc(S(=O)(=O)Cl)cc(C)c1NC(=O)C(C)C(C)C. The number of amides is 1. The molecule has 1 atom stereocenters. The van der Waals surface area contributed by atoms with E-state index in [0.29, 0.717) is 17.7 Å². The van der Waals surface area contributed by atoms with Crippen LogP contribution in [-0.2, 0) is 20.3 Å². The summed E-state index contributed by atoms with van der Waals surface area (Å²) in [7, 11) is 1.62. The minimum absolute atomic E-state index is 0.0634. The Kier molecular flexibility index (Phi) is 5.82. The van der Waals surface area contributed by atoms with Crippen molar-refractivity contribution in [3.05, 3.63) is 23.3 Å². The fraction of sp³-hybridized carbons (Fsp3) is 0.533. The minimum atomic E-state index is -3.77. The van der Waals surface area contributed by atoms with Gasteiger partial charge in [-0.2, -0.15) is 0 Å². The van der Waals surface area contributed by atoms with E-state index in [9.17, 15) is 13.2 Å². The molecule has 0 saturated carbocycles. The maximum atomic E-state index is 12.2. The second kappa shape index (κ2) is 6.79. The highest BCUT2D eigenvalue weighted by Gasteiger charge is 2.20. The van der Waals surface area contributed by atoms with Gasteiger partial charge < -0.3 is 5.32 Å². The normalized spacial score (nSPS) is 13.3. The van der Waals surface area contributed by atoms with Gasteiger partial charge in [0.1, 0.15) is 0 Å². The topological polar surface area (TPSA) is 63.2 Å². The summed E-state index contributed by atoms with van der Waals surface area (Å²) < 4.78 is 22.9. The minimum Gasteiger partial charge on any atom is -0.325 e. The Balaban J connectivity index is 3.23. The number of benzene rings is 1. The fourth-order valence-corrected chi connectivity index (χ4v) is 2.83. The molecule has 1 aromatic carbocycles. The van der Waals surface area contributed by atoms with E-state index in [4.69, 9.17) is 10.7 Å². The van der Waals surface area contributed by atoms with Crippen LogP contribution in [0.1, 0.15) is 38.8 Å². The van der Waals surface area contributed by atoms with Crippen LogP contribution in [0.25, 0.3) is 0 Å². The summed E-state index contributed by atoms with van der Waals surface area (Å²) in [6, 6.07) is 3.00. The molecular formula is C15H22ClNO3S. The predicted molar refractivity (Wildman–Crippen MR) is 86.2 cm³/mol. The van der Waals surface area contributed by atoms with E-state index in [-0.39, 0.29) is 22.6 Å². The summed E-state index contributed by atoms with van der Waals surface area (Å²) in [6.07, 6.45) is 0.604. The molecule has 0 bridgehead atoms. The van der Waals surface area contributed by atoms with Crippen LogP contribution in [0.15, 0.2) is 17.0 Å². The van der Waals surface area contributed by atoms with Gasteiger partial charge in [-0.15, -0.1) is 0 Å². The van der Waals surface area contributed by atoms with Gasteiger partial charge in [0.15, 0.2) is 0 Å². The van der Waals surface area contributed by atoms with Gasteiger partial charge in [0.25, 0.3) is 9.05 Å². The predicted octanol–water partition coefficient (Wildman–Crippen LogP) is 3.72. The van der Waals surface area contributed by atoms with E-state index < -0.39 is 9.05 Å². The third-order valence-electron chi connectivity index (χ3n) is 3.71. The van der Waals surface area contributed by atoms with Crippen molar-refractivity contribution >= 4 is 31.3 Å². The number of halogens is 1. The first-order valence-electron chi connectivity index (χ1n) is 6.97. The maximum absolute atomic E-state index is 12.2. The van der Waals surface area contributed by atoms with Crippen LogP contribution >= 0.6 is 10.7 Å². The van der Waals surface area contributed by atoms with Crippen molar-refractivity contribution in [1.29, 1.82) is 0 Å². The Morgan fingerprint density at radius 3 is 2.29 bits per heavy atom. The molecule has 118 valence electrons. The summed E-state index contributed by atoms with van der Waals surface area (Å²) in [4.78, 5) is 12.3. The molecular weight excluding hydrogens is 310 g/mol. The molecule has 0 aliphatic rings. The van der Waals surface area contributed by atoms with E-state index in [0.717, 1.165) is 5.56 Å². The lowest BCUT2D eigenvalue weighted by molar-refractivity contribution is -0.120. The van der Waals surface area contributed by atoms with Crippen LogP contribution in [0.3, 0.4) is 0 Å². The zero-order chi connectivity index (χ0) is 16.4. The molecule has 21 heavy (non-hydrogen) atoms. The highest BCUT2D eigenvalue weighted by atomic mass is 35.7. The monoisotopic (exact) mass is 331 g/mol. The highest BCUT2D eigenvalue weighted by Crippen LogP contribution is 2.28. The van der Waals surface area contributed by atoms with Gasteiger partial charge in [0.05, 0.1) is 4.90 Å². The van der Waals surface area contributed by atoms with Crippen molar-refractivity contribution in [2.45, 2.75) is 45.9 Å². The van der Waals surface area contributed by atoms with Crippen LogP contribution in [0.5, 0.6) is 0 Å². The zero-order valence-electron chi connectivity index (χ0n) is 13.0. The summed E-state index contributed by atoms with van der Waals surface area (Å²) in [5, 5.41) is 2.91. The number of rotatable bonds is 5. The number of carbonyl (C=O) groups excluding carboxylic acids is 1. The van der Waals surface area contributed by atoms with Crippen LogP contribution in [-0.4, -0.2) is 14.3 Å². The van der Waals surface area contributed by atoms with E-state index >= 15 is 0 Å². The molecule has 6 heteroatoms. The average molecular weight is 332 g/mol. The molecule has 0 aliphatic heterocycles. The van der Waals surface area contributed by atoms with Gasteiger partial charge >= 0.3 is 0 Å². The maximum Gasteiger partial charge on any atom is 0.261 e. The highest BCUT2D eigenvalue weighted by molar-refractivity contribution is 8.13. The van der Waals surface area contributed by atoms with Gasteiger partial charge in [0, 0.05) is 22.3 Å². The smallest absolute Gasteiger partial charge is 0.261 e. The Hall–Kier alpha value is -1.07. The first-order valence-corrected chi connectivity index (χ1v) is 9.27. The molecule has 0 aromatic heterocycles. The van der Waals surface area contributed by atoms with Gasteiger partial charge in [-0.25, -0.2) is 8.42 Å². The molecule has 0 radical (unpaired) electrons. The third kappa shape index (κ3) is 4.45. The molecule has 1 unspecified atom stereocenters. The standard InChI is InChI=1S/C15H22ClNO3S/c1-6-12-8-13(21(16,19)20)7-10(4)14(12)17-15(18)11(5)9(2)3/h7-9,11H,6H2,1-5H3,(H,17,18). The van der Waals surface area contributed by atoms with Crippen molar-refractivity contribution in [3.8, 4) is 0 Å². The van der Waals surface area contributed by atoms with Crippen LogP contribution in [0, 0.1) is 18.8 Å². The first-order chi connectivity index (χ1) is 9.57. The van der Waals surface area contributed by atoms with Gasteiger partial charge in [-0.1, -0.05) is 27.7 Å². The fourth-order valence-electron chi connectivity index (χ4n) is 1.96. The largest absolute Gasteiger partial charge is 0.325 e. The summed E-state index contributed by atoms with van der Waals surface area (Å²) in [5.41, 5.74) is 2.13. The lowest BCUT2D eigenvalue weighted by atomic mass is 9.96. The Morgan fingerprint density at radius 1 is 1.29 bits per heavy atom.